The lowest BCUT2D eigenvalue weighted by Gasteiger charge is -1.92. The molecule has 0 aromatic carbocycles. The highest BCUT2D eigenvalue weighted by Gasteiger charge is 2.04. The quantitative estimate of drug-likeness (QED) is 0.696. The van der Waals surface area contributed by atoms with Gasteiger partial charge in [-0.05, 0) is 17.6 Å². The molecule has 3 nitrogen and oxygen atoms in total. The molecule has 2 rings (SSSR count). The minimum absolute atomic E-state index is 0.407. The van der Waals surface area contributed by atoms with Crippen LogP contribution in [0.25, 0.3) is 0 Å². The van der Waals surface area contributed by atoms with Crippen molar-refractivity contribution in [2.75, 3.05) is 6.54 Å². The van der Waals surface area contributed by atoms with E-state index in [0.717, 1.165) is 27.9 Å². The van der Waals surface area contributed by atoms with Gasteiger partial charge in [-0.1, -0.05) is 30.5 Å². The van der Waals surface area contributed by atoms with Gasteiger partial charge in [0.25, 0.3) is 0 Å². The Balaban J connectivity index is 1.91. The Morgan fingerprint density at radius 1 is 1.50 bits per heavy atom. The fourth-order valence-electron chi connectivity index (χ4n) is 1.25. The predicted octanol–water partition coefficient (Wildman–Crippen LogP) is 2.76. The van der Waals surface area contributed by atoms with Crippen LogP contribution in [0.3, 0.4) is 0 Å². The zero-order chi connectivity index (χ0) is 12.8. The number of hydrogen-bond acceptors (Lipinski definition) is 6. The van der Waals surface area contributed by atoms with E-state index in [4.69, 9.17) is 5.73 Å². The molecule has 94 valence electrons. The first-order valence-electron chi connectivity index (χ1n) is 5.53. The van der Waals surface area contributed by atoms with Crippen molar-refractivity contribution >= 4 is 34.6 Å². The van der Waals surface area contributed by atoms with E-state index < -0.39 is 0 Å². The van der Waals surface area contributed by atoms with Gasteiger partial charge in [-0.3, -0.25) is 0 Å². The van der Waals surface area contributed by atoms with Crippen molar-refractivity contribution in [3.05, 3.63) is 27.7 Å². The molecule has 2 aromatic rings. The first-order valence-corrected chi connectivity index (χ1v) is 8.17. The maximum atomic E-state index is 5.35. The molecule has 0 saturated heterocycles. The van der Waals surface area contributed by atoms with Gasteiger partial charge in [-0.25, -0.2) is 4.98 Å². The van der Waals surface area contributed by atoms with Crippen LogP contribution in [0.1, 0.15) is 23.2 Å². The lowest BCUT2D eigenvalue weighted by molar-refractivity contribution is 0.971. The monoisotopic (exact) mass is 295 g/mol. The largest absolute Gasteiger partial charge is 0.320 e. The van der Waals surface area contributed by atoms with Crippen LogP contribution in [-0.4, -0.2) is 15.9 Å². The molecular weight excluding hydrogens is 282 g/mol. The molecule has 0 aliphatic heterocycles. The third kappa shape index (κ3) is 3.82. The van der Waals surface area contributed by atoms with Crippen LogP contribution < -0.4 is 5.73 Å². The maximum Gasteiger partial charge on any atom is 0.170 e. The number of nitrogens with two attached hydrogens (primary N) is 1. The number of hydrogen-bond donors (Lipinski definition) is 1. The van der Waals surface area contributed by atoms with Crippen LogP contribution in [-0.2, 0) is 12.2 Å². The predicted molar refractivity (Wildman–Crippen MR) is 79.1 cm³/mol. The van der Waals surface area contributed by atoms with E-state index in [2.05, 4.69) is 39.6 Å². The van der Waals surface area contributed by atoms with E-state index in [1.54, 1.807) is 23.1 Å². The van der Waals surface area contributed by atoms with Gasteiger partial charge in [0.2, 0.25) is 0 Å². The van der Waals surface area contributed by atoms with Crippen LogP contribution in [0.2, 0.25) is 0 Å². The van der Waals surface area contributed by atoms with Crippen molar-refractivity contribution in [3.8, 4) is 11.8 Å². The second-order valence-electron chi connectivity index (χ2n) is 3.43. The molecule has 2 N–H and O–H groups in total. The van der Waals surface area contributed by atoms with Gasteiger partial charge >= 0.3 is 0 Å². The first-order chi connectivity index (χ1) is 8.81. The van der Waals surface area contributed by atoms with Crippen molar-refractivity contribution in [1.29, 1.82) is 0 Å². The lowest BCUT2D eigenvalue weighted by Crippen LogP contribution is -1.92. The fourth-order valence-corrected chi connectivity index (χ4v) is 3.82. The SMILES string of the molecule is CCc1nsc(SCc2cc(C#CCN)cs2)n1. The number of rotatable bonds is 4. The molecule has 0 saturated carbocycles. The summed E-state index contributed by atoms with van der Waals surface area (Å²) in [5.41, 5.74) is 6.39. The number of aryl methyl sites for hydroxylation is 1. The molecule has 0 aliphatic carbocycles. The van der Waals surface area contributed by atoms with E-state index in [1.807, 2.05) is 0 Å². The molecular formula is C12H13N3S3. The Kier molecular flexibility index (Phi) is 5.20. The smallest absolute Gasteiger partial charge is 0.170 e. The minimum Gasteiger partial charge on any atom is -0.320 e. The molecule has 0 amide bonds. The van der Waals surface area contributed by atoms with Gasteiger partial charge < -0.3 is 5.73 Å². The Morgan fingerprint density at radius 3 is 3.11 bits per heavy atom. The zero-order valence-corrected chi connectivity index (χ0v) is 12.4. The highest BCUT2D eigenvalue weighted by atomic mass is 32.2. The fraction of sp³-hybridized carbons (Fsp3) is 0.333. The Hall–Kier alpha value is -0.870. The lowest BCUT2D eigenvalue weighted by atomic mass is 10.3. The average Bonchev–Trinajstić information content (AvgIpc) is 3.03. The van der Waals surface area contributed by atoms with Crippen molar-refractivity contribution in [1.82, 2.24) is 9.36 Å². The number of aromatic nitrogens is 2. The van der Waals surface area contributed by atoms with Gasteiger partial charge in [0.15, 0.2) is 4.34 Å². The van der Waals surface area contributed by atoms with E-state index in [9.17, 15) is 0 Å². The van der Waals surface area contributed by atoms with Gasteiger partial charge in [0, 0.05) is 28.0 Å². The highest BCUT2D eigenvalue weighted by molar-refractivity contribution is 8.00. The Bertz CT molecular complexity index is 562. The number of thiophene rings is 1. The average molecular weight is 295 g/mol. The molecule has 18 heavy (non-hydrogen) atoms. The minimum atomic E-state index is 0.407. The zero-order valence-electron chi connectivity index (χ0n) is 9.97. The van der Waals surface area contributed by atoms with E-state index in [0.29, 0.717) is 6.54 Å². The third-order valence-corrected chi connectivity index (χ3v) is 5.13. The van der Waals surface area contributed by atoms with Gasteiger partial charge in [-0.2, -0.15) is 4.37 Å². The summed E-state index contributed by atoms with van der Waals surface area (Å²) in [5, 5.41) is 2.07. The van der Waals surface area contributed by atoms with Crippen molar-refractivity contribution in [3.63, 3.8) is 0 Å². The van der Waals surface area contributed by atoms with Crippen LogP contribution >= 0.6 is 34.6 Å². The summed E-state index contributed by atoms with van der Waals surface area (Å²) in [6.07, 6.45) is 0.898. The summed E-state index contributed by atoms with van der Waals surface area (Å²) in [6, 6.07) is 2.11. The standard InChI is InChI=1S/C12H13N3S3/c1-2-11-14-12(18-15-11)17-8-10-6-9(7-16-10)4-3-5-13/h6-7H,2,5,8,13H2,1H3. The summed E-state index contributed by atoms with van der Waals surface area (Å²) in [5.74, 6) is 7.75. The topological polar surface area (TPSA) is 51.8 Å². The molecule has 0 fully saturated rings. The summed E-state index contributed by atoms with van der Waals surface area (Å²) in [4.78, 5) is 5.73. The number of thioether (sulfide) groups is 1. The van der Waals surface area contributed by atoms with E-state index in [-0.39, 0.29) is 0 Å². The van der Waals surface area contributed by atoms with Crippen molar-refractivity contribution < 1.29 is 0 Å². The molecule has 0 spiro atoms. The van der Waals surface area contributed by atoms with Crippen LogP contribution in [0.4, 0.5) is 0 Å². The van der Waals surface area contributed by atoms with Gasteiger partial charge in [0.05, 0.1) is 6.54 Å². The summed E-state index contributed by atoms with van der Waals surface area (Å²) in [7, 11) is 0. The van der Waals surface area contributed by atoms with Crippen molar-refractivity contribution in [2.45, 2.75) is 23.4 Å². The molecule has 0 atom stereocenters. The molecule has 0 aliphatic rings. The molecule has 2 aromatic heterocycles. The van der Waals surface area contributed by atoms with E-state index in [1.165, 1.54) is 16.4 Å². The summed E-state index contributed by atoms with van der Waals surface area (Å²) >= 11 is 4.93. The second kappa shape index (κ2) is 6.90. The van der Waals surface area contributed by atoms with Crippen LogP contribution in [0.15, 0.2) is 15.8 Å². The molecule has 2 heterocycles. The summed E-state index contributed by atoms with van der Waals surface area (Å²) < 4.78 is 5.31. The highest BCUT2D eigenvalue weighted by Crippen LogP contribution is 2.27. The second-order valence-corrected chi connectivity index (χ2v) is 6.40. The Labute approximate surface area is 119 Å². The first kappa shape index (κ1) is 13.6. The van der Waals surface area contributed by atoms with E-state index >= 15 is 0 Å². The molecule has 0 unspecified atom stereocenters. The molecule has 0 radical (unpaired) electrons. The summed E-state index contributed by atoms with van der Waals surface area (Å²) in [6.45, 7) is 2.47. The third-order valence-electron chi connectivity index (χ3n) is 2.09. The molecule has 0 bridgehead atoms. The number of nitrogens with zero attached hydrogens (tertiary/aromatic N) is 2. The van der Waals surface area contributed by atoms with Gasteiger partial charge in [-0.15, -0.1) is 11.3 Å². The normalized spacial score (nSPS) is 10.1. The van der Waals surface area contributed by atoms with Crippen LogP contribution in [0, 0.1) is 11.8 Å². The molecule has 6 heteroatoms. The Morgan fingerprint density at radius 2 is 2.39 bits per heavy atom. The van der Waals surface area contributed by atoms with Crippen molar-refractivity contribution in [2.24, 2.45) is 5.73 Å². The maximum absolute atomic E-state index is 5.35. The van der Waals surface area contributed by atoms with Gasteiger partial charge in [0.1, 0.15) is 5.82 Å². The van der Waals surface area contributed by atoms with Crippen LogP contribution in [0.5, 0.6) is 0 Å².